The molecule has 1 aliphatic heterocycles. The minimum Gasteiger partial charge on any atom is -0.379 e. The van der Waals surface area contributed by atoms with Crippen molar-refractivity contribution in [3.63, 3.8) is 0 Å². The van der Waals surface area contributed by atoms with Crippen LogP contribution in [-0.2, 0) is 22.5 Å². The monoisotopic (exact) mass is 381 g/mol. The van der Waals surface area contributed by atoms with Crippen molar-refractivity contribution in [3.05, 3.63) is 65.7 Å². The van der Waals surface area contributed by atoms with Crippen LogP contribution in [0.15, 0.2) is 54.6 Å². The maximum Gasteiger partial charge on any atom is 0.238 e. The number of carbonyl (C=O) groups is 1. The summed E-state index contributed by atoms with van der Waals surface area (Å²) in [4.78, 5) is 17.0. The summed E-state index contributed by atoms with van der Waals surface area (Å²) in [5.74, 6) is 0.0378. The summed E-state index contributed by atoms with van der Waals surface area (Å²) < 4.78 is 5.39. The third kappa shape index (κ3) is 6.75. The summed E-state index contributed by atoms with van der Waals surface area (Å²) in [7, 11) is 0. The van der Waals surface area contributed by atoms with Crippen LogP contribution >= 0.6 is 0 Å². The van der Waals surface area contributed by atoms with Crippen molar-refractivity contribution in [2.45, 2.75) is 19.9 Å². The van der Waals surface area contributed by atoms with Gasteiger partial charge < -0.3 is 10.1 Å². The molecule has 5 heteroatoms. The van der Waals surface area contributed by atoms with Crippen LogP contribution < -0.4 is 5.32 Å². The number of rotatable bonds is 9. The molecule has 150 valence electrons. The van der Waals surface area contributed by atoms with Crippen LogP contribution in [-0.4, -0.2) is 61.6 Å². The highest BCUT2D eigenvalue weighted by atomic mass is 16.5. The van der Waals surface area contributed by atoms with Crippen LogP contribution in [0.4, 0.5) is 5.69 Å². The number of hydrogen-bond donors (Lipinski definition) is 1. The van der Waals surface area contributed by atoms with Gasteiger partial charge in [0.1, 0.15) is 0 Å². The first-order valence-electron chi connectivity index (χ1n) is 10.2. The minimum atomic E-state index is 0.0378. The zero-order valence-electron chi connectivity index (χ0n) is 16.8. The second-order valence-electron chi connectivity index (χ2n) is 7.24. The molecular formula is C23H31N3O2. The van der Waals surface area contributed by atoms with E-state index in [1.807, 2.05) is 18.2 Å². The van der Waals surface area contributed by atoms with E-state index in [-0.39, 0.29) is 5.91 Å². The van der Waals surface area contributed by atoms with Gasteiger partial charge in [-0.1, -0.05) is 49.4 Å². The van der Waals surface area contributed by atoms with Crippen LogP contribution in [0.5, 0.6) is 0 Å². The summed E-state index contributed by atoms with van der Waals surface area (Å²) in [5, 5.41) is 3.02. The van der Waals surface area contributed by atoms with Crippen LogP contribution in [0, 0.1) is 0 Å². The van der Waals surface area contributed by atoms with E-state index in [0.29, 0.717) is 6.54 Å². The standard InChI is InChI=1S/C23H31N3O2/c1-2-25(13-12-20-6-4-3-5-7-20)19-23(27)24-22-10-8-21(9-11-22)18-26-14-16-28-17-15-26/h3-11H,2,12-19H2,1H3,(H,24,27). The lowest BCUT2D eigenvalue weighted by Gasteiger charge is -2.26. The van der Waals surface area contributed by atoms with E-state index in [0.717, 1.165) is 58.0 Å². The Bertz CT molecular complexity index is 712. The summed E-state index contributed by atoms with van der Waals surface area (Å²) in [5.41, 5.74) is 3.42. The molecule has 0 aromatic heterocycles. The molecule has 28 heavy (non-hydrogen) atoms. The first kappa shape index (κ1) is 20.5. The Kier molecular flexibility index (Phi) is 8.03. The molecule has 1 amide bonds. The molecule has 0 unspecified atom stereocenters. The molecule has 1 fully saturated rings. The van der Waals surface area contributed by atoms with E-state index in [9.17, 15) is 4.79 Å². The number of carbonyl (C=O) groups excluding carboxylic acids is 1. The van der Waals surface area contributed by atoms with Crippen molar-refractivity contribution in [2.75, 3.05) is 51.3 Å². The van der Waals surface area contributed by atoms with Crippen molar-refractivity contribution < 1.29 is 9.53 Å². The highest BCUT2D eigenvalue weighted by Crippen LogP contribution is 2.12. The molecule has 2 aromatic rings. The van der Waals surface area contributed by atoms with E-state index in [1.165, 1.54) is 11.1 Å². The van der Waals surface area contributed by atoms with E-state index < -0.39 is 0 Å². The summed E-state index contributed by atoms with van der Waals surface area (Å²) >= 11 is 0. The highest BCUT2D eigenvalue weighted by molar-refractivity contribution is 5.92. The molecule has 1 heterocycles. The lowest BCUT2D eigenvalue weighted by molar-refractivity contribution is -0.117. The third-order valence-corrected chi connectivity index (χ3v) is 5.12. The lowest BCUT2D eigenvalue weighted by atomic mass is 10.1. The Morgan fingerprint density at radius 1 is 1.04 bits per heavy atom. The summed E-state index contributed by atoms with van der Waals surface area (Å²) in [6.07, 6.45) is 0.957. The number of nitrogens with zero attached hydrogens (tertiary/aromatic N) is 2. The molecule has 0 spiro atoms. The Morgan fingerprint density at radius 3 is 2.43 bits per heavy atom. The van der Waals surface area contributed by atoms with Gasteiger partial charge in [0, 0.05) is 31.9 Å². The Labute approximate surface area is 168 Å². The maximum atomic E-state index is 12.4. The average molecular weight is 382 g/mol. The van der Waals surface area contributed by atoms with Gasteiger partial charge in [-0.3, -0.25) is 14.6 Å². The molecule has 2 aromatic carbocycles. The molecule has 1 N–H and O–H groups in total. The van der Waals surface area contributed by atoms with Gasteiger partial charge in [0.15, 0.2) is 0 Å². The Hall–Kier alpha value is -2.21. The molecule has 5 nitrogen and oxygen atoms in total. The third-order valence-electron chi connectivity index (χ3n) is 5.12. The zero-order chi connectivity index (χ0) is 19.6. The first-order valence-corrected chi connectivity index (χ1v) is 10.2. The van der Waals surface area contributed by atoms with Gasteiger partial charge in [0.2, 0.25) is 5.91 Å². The predicted octanol–water partition coefficient (Wildman–Crippen LogP) is 3.02. The minimum absolute atomic E-state index is 0.0378. The van der Waals surface area contributed by atoms with Crippen molar-refractivity contribution in [1.29, 1.82) is 0 Å². The van der Waals surface area contributed by atoms with E-state index in [2.05, 4.69) is 58.4 Å². The van der Waals surface area contributed by atoms with Crippen molar-refractivity contribution in [2.24, 2.45) is 0 Å². The van der Waals surface area contributed by atoms with Gasteiger partial charge in [0.25, 0.3) is 0 Å². The Morgan fingerprint density at radius 2 is 1.75 bits per heavy atom. The molecule has 0 radical (unpaired) electrons. The van der Waals surface area contributed by atoms with Crippen LogP contribution in [0.3, 0.4) is 0 Å². The second kappa shape index (κ2) is 11.0. The number of nitrogens with one attached hydrogen (secondary N) is 1. The van der Waals surface area contributed by atoms with E-state index >= 15 is 0 Å². The van der Waals surface area contributed by atoms with Gasteiger partial charge in [-0.05, 0) is 36.2 Å². The normalized spacial score (nSPS) is 14.9. The Balaban J connectivity index is 1.43. The highest BCUT2D eigenvalue weighted by Gasteiger charge is 2.12. The number of ether oxygens (including phenoxy) is 1. The molecule has 0 bridgehead atoms. The summed E-state index contributed by atoms with van der Waals surface area (Å²) in [6, 6.07) is 18.6. The average Bonchev–Trinajstić information content (AvgIpc) is 2.74. The van der Waals surface area contributed by atoms with Gasteiger partial charge in [-0.25, -0.2) is 0 Å². The molecule has 0 atom stereocenters. The smallest absolute Gasteiger partial charge is 0.238 e. The number of hydrogen-bond acceptors (Lipinski definition) is 4. The van der Waals surface area contributed by atoms with Crippen molar-refractivity contribution in [1.82, 2.24) is 9.80 Å². The van der Waals surface area contributed by atoms with Crippen molar-refractivity contribution in [3.8, 4) is 0 Å². The fraction of sp³-hybridized carbons (Fsp3) is 0.435. The van der Waals surface area contributed by atoms with E-state index in [4.69, 9.17) is 4.74 Å². The number of morpholine rings is 1. The molecule has 1 saturated heterocycles. The first-order chi connectivity index (χ1) is 13.7. The fourth-order valence-corrected chi connectivity index (χ4v) is 3.40. The van der Waals surface area contributed by atoms with Gasteiger partial charge >= 0.3 is 0 Å². The van der Waals surface area contributed by atoms with Gasteiger partial charge in [0.05, 0.1) is 19.8 Å². The number of anilines is 1. The second-order valence-corrected chi connectivity index (χ2v) is 7.24. The molecule has 1 aliphatic rings. The van der Waals surface area contributed by atoms with Gasteiger partial charge in [-0.2, -0.15) is 0 Å². The van der Waals surface area contributed by atoms with Crippen molar-refractivity contribution >= 4 is 11.6 Å². The maximum absolute atomic E-state index is 12.4. The van der Waals surface area contributed by atoms with Crippen LogP contribution in [0.2, 0.25) is 0 Å². The number of benzene rings is 2. The largest absolute Gasteiger partial charge is 0.379 e. The summed E-state index contributed by atoms with van der Waals surface area (Å²) in [6.45, 7) is 8.77. The predicted molar refractivity (Wildman–Crippen MR) is 113 cm³/mol. The quantitative estimate of drug-likeness (QED) is 0.725. The number of likely N-dealkylation sites (N-methyl/N-ethyl adjacent to an activating group) is 1. The van der Waals surface area contributed by atoms with E-state index in [1.54, 1.807) is 0 Å². The molecule has 0 saturated carbocycles. The van der Waals surface area contributed by atoms with Crippen LogP contribution in [0.1, 0.15) is 18.1 Å². The molecule has 0 aliphatic carbocycles. The molecule has 3 rings (SSSR count). The zero-order valence-corrected chi connectivity index (χ0v) is 16.8. The topological polar surface area (TPSA) is 44.8 Å². The molecular weight excluding hydrogens is 350 g/mol. The van der Waals surface area contributed by atoms with Gasteiger partial charge in [-0.15, -0.1) is 0 Å². The van der Waals surface area contributed by atoms with Crippen LogP contribution in [0.25, 0.3) is 0 Å². The SMILES string of the molecule is CCN(CCc1ccccc1)CC(=O)Nc1ccc(CN2CCOCC2)cc1. The lowest BCUT2D eigenvalue weighted by Crippen LogP contribution is -2.35. The fourth-order valence-electron chi connectivity index (χ4n) is 3.40. The number of amides is 1.